The van der Waals surface area contributed by atoms with Crippen LogP contribution in [0.25, 0.3) is 88.0 Å². The minimum Gasteiger partial charge on any atom is -0.310 e. The molecule has 0 heterocycles. The molecule has 0 unspecified atom stereocenters. The van der Waals surface area contributed by atoms with Crippen LogP contribution in [0.2, 0.25) is 0 Å². The lowest BCUT2D eigenvalue weighted by Crippen LogP contribution is -2.28. The average molecular weight is 940 g/mol. The van der Waals surface area contributed by atoms with Crippen molar-refractivity contribution in [2.75, 3.05) is 4.90 Å². The number of fused-ring (bicyclic) bond motifs is 7. The smallest absolute Gasteiger partial charge is 0.0713 e. The Labute approximate surface area is 432 Å². The third-order valence-corrected chi connectivity index (χ3v) is 15.5. The molecule has 0 aliphatic heterocycles. The lowest BCUT2D eigenvalue weighted by molar-refractivity contribution is 0.768. The number of hydrogen-bond donors (Lipinski definition) is 0. The van der Waals surface area contributed by atoms with E-state index < -0.39 is 5.41 Å². The van der Waals surface area contributed by atoms with Crippen molar-refractivity contribution in [1.82, 2.24) is 0 Å². The zero-order valence-corrected chi connectivity index (χ0v) is 40.7. The summed E-state index contributed by atoms with van der Waals surface area (Å²) < 4.78 is 0. The molecule has 0 aromatic heterocycles. The van der Waals surface area contributed by atoms with Crippen LogP contribution in [0.1, 0.15) is 22.3 Å². The molecule has 74 heavy (non-hydrogen) atoms. The van der Waals surface area contributed by atoms with Gasteiger partial charge in [-0.25, -0.2) is 0 Å². The highest BCUT2D eigenvalue weighted by atomic mass is 15.1. The van der Waals surface area contributed by atoms with Gasteiger partial charge >= 0.3 is 0 Å². The normalized spacial score (nSPS) is 12.4. The molecule has 0 saturated heterocycles. The zero-order chi connectivity index (χ0) is 49.0. The summed E-state index contributed by atoms with van der Waals surface area (Å²) in [6.45, 7) is 0. The van der Waals surface area contributed by atoms with Gasteiger partial charge in [0.25, 0.3) is 0 Å². The van der Waals surface area contributed by atoms with E-state index in [1.807, 2.05) is 0 Å². The van der Waals surface area contributed by atoms with Crippen LogP contribution in [-0.4, -0.2) is 0 Å². The van der Waals surface area contributed by atoms with Crippen molar-refractivity contribution >= 4 is 49.4 Å². The summed E-state index contributed by atoms with van der Waals surface area (Å²) in [6, 6.07) is 110. The van der Waals surface area contributed by atoms with E-state index in [4.69, 9.17) is 0 Å². The van der Waals surface area contributed by atoms with Gasteiger partial charge in [0.15, 0.2) is 0 Å². The van der Waals surface area contributed by atoms with Crippen LogP contribution in [0.3, 0.4) is 0 Å². The first-order chi connectivity index (χ1) is 36.7. The van der Waals surface area contributed by atoms with Crippen LogP contribution < -0.4 is 4.90 Å². The fraction of sp³-hybridized carbons (Fsp3) is 0.0137. The molecule has 0 spiro atoms. The number of para-hydroxylation sites is 1. The van der Waals surface area contributed by atoms with Gasteiger partial charge in [0, 0.05) is 16.9 Å². The van der Waals surface area contributed by atoms with Crippen LogP contribution in [0.4, 0.5) is 17.1 Å². The van der Waals surface area contributed by atoms with Gasteiger partial charge in [-0.15, -0.1) is 0 Å². The van der Waals surface area contributed by atoms with Gasteiger partial charge in [-0.3, -0.25) is 0 Å². The molecule has 14 rings (SSSR count). The Kier molecular flexibility index (Phi) is 10.5. The van der Waals surface area contributed by atoms with E-state index in [9.17, 15) is 0 Å². The second kappa shape index (κ2) is 17.9. The summed E-state index contributed by atoms with van der Waals surface area (Å²) >= 11 is 0. The Morgan fingerprint density at radius 3 is 1.49 bits per heavy atom. The van der Waals surface area contributed by atoms with Crippen LogP contribution in [-0.2, 0) is 5.41 Å². The highest BCUT2D eigenvalue weighted by Gasteiger charge is 2.46. The first-order valence-corrected chi connectivity index (χ1v) is 25.7. The quantitative estimate of drug-likeness (QED) is 0.130. The Bertz CT molecular complexity index is 4200. The molecule has 13 aromatic rings. The lowest BCUT2D eigenvalue weighted by Gasteiger charge is -2.34. The van der Waals surface area contributed by atoms with Crippen molar-refractivity contribution in [2.24, 2.45) is 0 Å². The molecular formula is C73H49N. The molecule has 0 amide bonds. The van der Waals surface area contributed by atoms with Crippen molar-refractivity contribution in [3.05, 3.63) is 320 Å². The third-order valence-electron chi connectivity index (χ3n) is 15.5. The second-order valence-electron chi connectivity index (χ2n) is 19.5. The maximum absolute atomic E-state index is 2.49. The molecule has 0 radical (unpaired) electrons. The summed E-state index contributed by atoms with van der Waals surface area (Å²) in [7, 11) is 0. The number of benzene rings is 13. The monoisotopic (exact) mass is 939 g/mol. The first kappa shape index (κ1) is 43.2. The summed E-state index contributed by atoms with van der Waals surface area (Å²) in [4.78, 5) is 2.49. The molecular weight excluding hydrogens is 891 g/mol. The number of nitrogens with zero attached hydrogens (tertiary/aromatic N) is 1. The summed E-state index contributed by atoms with van der Waals surface area (Å²) in [6.07, 6.45) is 0. The van der Waals surface area contributed by atoms with Crippen molar-refractivity contribution in [1.29, 1.82) is 0 Å². The fourth-order valence-corrected chi connectivity index (χ4v) is 12.3. The zero-order valence-electron chi connectivity index (χ0n) is 40.7. The van der Waals surface area contributed by atoms with E-state index in [-0.39, 0.29) is 0 Å². The molecule has 1 aliphatic carbocycles. The molecule has 1 nitrogen and oxygen atoms in total. The number of anilines is 3. The van der Waals surface area contributed by atoms with E-state index in [0.717, 1.165) is 33.8 Å². The summed E-state index contributed by atoms with van der Waals surface area (Å²) in [5.74, 6) is 0. The van der Waals surface area contributed by atoms with Crippen LogP contribution in [0.5, 0.6) is 0 Å². The predicted molar refractivity (Wildman–Crippen MR) is 313 cm³/mol. The molecule has 0 fully saturated rings. The molecule has 1 aliphatic rings. The fourth-order valence-electron chi connectivity index (χ4n) is 12.3. The standard InChI is InChI=1S/C73H49N/c1-5-23-51(24-6-1)71-65-37-16-15-35-62(65)63-44-42-56(48-67(63)72(71)52-25-7-2-8-26-52)61-34-18-20-39-70(61)74(59-33-21-28-54(47-59)55-41-40-50-22-13-14-27-53(50)46-55)60-43-45-69-66(49-60)64-36-17-19-38-68(64)73(69,57-29-9-3-10-30-57)58-31-11-4-12-32-58/h1-49H. The van der Waals surface area contributed by atoms with Gasteiger partial charge in [-0.1, -0.05) is 255 Å². The van der Waals surface area contributed by atoms with Crippen molar-refractivity contribution < 1.29 is 0 Å². The maximum atomic E-state index is 2.49. The molecule has 346 valence electrons. The molecule has 0 saturated carbocycles. The van der Waals surface area contributed by atoms with E-state index in [1.54, 1.807) is 0 Å². The van der Waals surface area contributed by atoms with Gasteiger partial charge in [0.2, 0.25) is 0 Å². The third kappa shape index (κ3) is 7.00. The van der Waals surface area contributed by atoms with Crippen molar-refractivity contribution in [3.8, 4) is 55.6 Å². The van der Waals surface area contributed by atoms with E-state index in [2.05, 4.69) is 302 Å². The first-order valence-electron chi connectivity index (χ1n) is 25.7. The largest absolute Gasteiger partial charge is 0.310 e. The number of hydrogen-bond acceptors (Lipinski definition) is 1. The van der Waals surface area contributed by atoms with E-state index in [1.165, 1.54) is 93.5 Å². The topological polar surface area (TPSA) is 3.24 Å². The average Bonchev–Trinajstić information content (AvgIpc) is 3.85. The highest BCUT2D eigenvalue weighted by Crippen LogP contribution is 2.57. The van der Waals surface area contributed by atoms with E-state index in [0.29, 0.717) is 0 Å². The minimum atomic E-state index is -0.504. The molecule has 0 bridgehead atoms. The van der Waals surface area contributed by atoms with Crippen molar-refractivity contribution in [2.45, 2.75) is 5.41 Å². The van der Waals surface area contributed by atoms with Crippen LogP contribution in [0.15, 0.2) is 297 Å². The highest BCUT2D eigenvalue weighted by molar-refractivity contribution is 6.22. The summed E-state index contributed by atoms with van der Waals surface area (Å²) in [5.41, 5.74) is 19.8. The van der Waals surface area contributed by atoms with Gasteiger partial charge in [0.05, 0.1) is 11.1 Å². The van der Waals surface area contributed by atoms with Gasteiger partial charge in [-0.2, -0.15) is 0 Å². The summed E-state index contributed by atoms with van der Waals surface area (Å²) in [5, 5.41) is 7.41. The van der Waals surface area contributed by atoms with E-state index >= 15 is 0 Å². The molecule has 0 atom stereocenters. The maximum Gasteiger partial charge on any atom is 0.0713 e. The van der Waals surface area contributed by atoms with Gasteiger partial charge in [0.1, 0.15) is 0 Å². The minimum absolute atomic E-state index is 0.504. The molecule has 0 N–H and O–H groups in total. The number of rotatable bonds is 9. The Morgan fingerprint density at radius 1 is 0.243 bits per heavy atom. The second-order valence-corrected chi connectivity index (χ2v) is 19.5. The Hall–Kier alpha value is -9.56. The van der Waals surface area contributed by atoms with Crippen LogP contribution >= 0.6 is 0 Å². The van der Waals surface area contributed by atoms with Crippen LogP contribution in [0, 0.1) is 0 Å². The molecule has 1 heteroatoms. The Balaban J connectivity index is 1.02. The predicted octanol–water partition coefficient (Wildman–Crippen LogP) is 19.6. The van der Waals surface area contributed by atoms with Gasteiger partial charge < -0.3 is 4.90 Å². The molecule has 13 aromatic carbocycles. The SMILES string of the molecule is c1ccc(-c2c(-c3ccccc3)c3cc(-c4ccccc4N(c4cccc(-c5ccc6ccccc6c5)c4)c4ccc5c(c4)-c4ccccc4C5(c4ccccc4)c4ccccc4)ccc3c3ccccc23)cc1. The lowest BCUT2D eigenvalue weighted by atomic mass is 9.68. The van der Waals surface area contributed by atoms with Gasteiger partial charge in [-0.05, 0) is 147 Å². The van der Waals surface area contributed by atoms with Crippen molar-refractivity contribution in [3.63, 3.8) is 0 Å². The Morgan fingerprint density at radius 2 is 0.757 bits per heavy atom.